The van der Waals surface area contributed by atoms with Gasteiger partial charge in [-0.25, -0.2) is 0 Å². The second-order valence-corrected chi connectivity index (χ2v) is 5.91. The minimum atomic E-state index is -0.521. The van der Waals surface area contributed by atoms with E-state index in [1.165, 1.54) is 10.9 Å². The summed E-state index contributed by atoms with van der Waals surface area (Å²) in [4.78, 5) is 0. The first-order chi connectivity index (χ1) is 11.8. The van der Waals surface area contributed by atoms with Crippen LogP contribution in [0.5, 0.6) is 5.75 Å². The molecule has 3 aromatic carbocycles. The minimum Gasteiger partial charge on any atom is -0.491 e. The van der Waals surface area contributed by atoms with Crippen LogP contribution in [0.15, 0.2) is 72.8 Å². The summed E-state index contributed by atoms with van der Waals surface area (Å²) in [6, 6.07) is 24.5. The lowest BCUT2D eigenvalue weighted by Gasteiger charge is -2.13. The van der Waals surface area contributed by atoms with Crippen molar-refractivity contribution in [3.63, 3.8) is 0 Å². The molecule has 1 atom stereocenters. The average molecular weight is 321 g/mol. The van der Waals surface area contributed by atoms with E-state index in [1.807, 2.05) is 48.5 Å². The van der Waals surface area contributed by atoms with Gasteiger partial charge in [-0.1, -0.05) is 60.7 Å². The second kappa shape index (κ2) is 8.48. The van der Waals surface area contributed by atoms with E-state index in [0.29, 0.717) is 6.54 Å². The quantitative estimate of drug-likeness (QED) is 0.625. The fourth-order valence-corrected chi connectivity index (χ4v) is 2.65. The number of nitrogens with one attached hydrogen (secondary N) is 1. The number of benzene rings is 3. The lowest BCUT2D eigenvalue weighted by molar-refractivity contribution is 0.107. The predicted octanol–water partition coefficient (Wildman–Crippen LogP) is 3.41. The SMILES string of the molecule is OC(CNCCc1ccccc1)COc1ccc2ccccc2c1. The third-order valence-corrected chi connectivity index (χ3v) is 3.98. The molecule has 3 nitrogen and oxygen atoms in total. The van der Waals surface area contributed by atoms with Crippen molar-refractivity contribution in [3.05, 3.63) is 78.4 Å². The molecule has 0 aromatic heterocycles. The molecule has 0 heterocycles. The van der Waals surface area contributed by atoms with Gasteiger partial charge >= 0.3 is 0 Å². The topological polar surface area (TPSA) is 41.5 Å². The number of rotatable bonds is 8. The highest BCUT2D eigenvalue weighted by atomic mass is 16.5. The summed E-state index contributed by atoms with van der Waals surface area (Å²) >= 11 is 0. The smallest absolute Gasteiger partial charge is 0.120 e. The monoisotopic (exact) mass is 321 g/mol. The molecule has 3 rings (SSSR count). The van der Waals surface area contributed by atoms with E-state index in [2.05, 4.69) is 29.6 Å². The maximum atomic E-state index is 10.0. The summed E-state index contributed by atoms with van der Waals surface area (Å²) in [6.45, 7) is 1.66. The lowest BCUT2D eigenvalue weighted by Crippen LogP contribution is -2.32. The van der Waals surface area contributed by atoms with Crippen LogP contribution in [0, 0.1) is 0 Å². The normalized spacial score (nSPS) is 12.2. The van der Waals surface area contributed by atoms with E-state index in [4.69, 9.17) is 4.74 Å². The molecule has 24 heavy (non-hydrogen) atoms. The molecule has 0 radical (unpaired) electrons. The van der Waals surface area contributed by atoms with Gasteiger partial charge in [-0.15, -0.1) is 0 Å². The fraction of sp³-hybridized carbons (Fsp3) is 0.238. The zero-order chi connectivity index (χ0) is 16.6. The zero-order valence-corrected chi connectivity index (χ0v) is 13.7. The zero-order valence-electron chi connectivity index (χ0n) is 13.7. The molecule has 0 fully saturated rings. The van der Waals surface area contributed by atoms with Gasteiger partial charge in [-0.05, 0) is 41.4 Å². The first kappa shape index (κ1) is 16.5. The molecular weight excluding hydrogens is 298 g/mol. The third kappa shape index (κ3) is 4.82. The highest BCUT2D eigenvalue weighted by Gasteiger charge is 2.05. The molecule has 1 unspecified atom stereocenters. The Morgan fingerprint density at radius 2 is 1.62 bits per heavy atom. The van der Waals surface area contributed by atoms with Crippen LogP contribution in [0.1, 0.15) is 5.56 Å². The van der Waals surface area contributed by atoms with Crippen LogP contribution in [-0.4, -0.2) is 30.9 Å². The first-order valence-corrected chi connectivity index (χ1v) is 8.35. The van der Waals surface area contributed by atoms with E-state index >= 15 is 0 Å². The highest BCUT2D eigenvalue weighted by molar-refractivity contribution is 5.83. The summed E-state index contributed by atoms with van der Waals surface area (Å²) in [5, 5.41) is 15.6. The molecular formula is C21H23NO2. The third-order valence-electron chi connectivity index (χ3n) is 3.98. The number of fused-ring (bicyclic) bond motifs is 1. The molecule has 3 aromatic rings. The second-order valence-electron chi connectivity index (χ2n) is 5.91. The Bertz CT molecular complexity index is 758. The molecule has 0 aliphatic carbocycles. The van der Waals surface area contributed by atoms with E-state index < -0.39 is 6.10 Å². The Hall–Kier alpha value is -2.36. The molecule has 0 amide bonds. The largest absolute Gasteiger partial charge is 0.491 e. The van der Waals surface area contributed by atoms with Gasteiger partial charge in [0, 0.05) is 6.54 Å². The van der Waals surface area contributed by atoms with Crippen molar-refractivity contribution in [2.45, 2.75) is 12.5 Å². The Labute approximate surface area is 142 Å². The van der Waals surface area contributed by atoms with Crippen LogP contribution in [0.4, 0.5) is 0 Å². The van der Waals surface area contributed by atoms with Gasteiger partial charge < -0.3 is 15.2 Å². The Kier molecular flexibility index (Phi) is 5.83. The summed E-state index contributed by atoms with van der Waals surface area (Å²) < 4.78 is 5.70. The molecule has 0 bridgehead atoms. The van der Waals surface area contributed by atoms with Crippen molar-refractivity contribution in [2.24, 2.45) is 0 Å². The molecule has 124 valence electrons. The van der Waals surface area contributed by atoms with Crippen LogP contribution in [0.3, 0.4) is 0 Å². The molecule has 0 saturated carbocycles. The van der Waals surface area contributed by atoms with Crippen LogP contribution in [-0.2, 0) is 6.42 Å². The maximum absolute atomic E-state index is 10.0. The highest BCUT2D eigenvalue weighted by Crippen LogP contribution is 2.20. The Morgan fingerprint density at radius 1 is 0.875 bits per heavy atom. The van der Waals surface area contributed by atoms with Gasteiger partial charge in [-0.2, -0.15) is 0 Å². The standard InChI is InChI=1S/C21H23NO2/c23-20(15-22-13-12-17-6-2-1-3-7-17)16-24-21-11-10-18-8-4-5-9-19(18)14-21/h1-11,14,20,22-23H,12-13,15-16H2. The lowest BCUT2D eigenvalue weighted by atomic mass is 10.1. The number of ether oxygens (including phenoxy) is 1. The number of hydrogen-bond acceptors (Lipinski definition) is 3. The first-order valence-electron chi connectivity index (χ1n) is 8.35. The van der Waals surface area contributed by atoms with E-state index in [1.54, 1.807) is 0 Å². The number of hydrogen-bond donors (Lipinski definition) is 2. The summed E-state index contributed by atoms with van der Waals surface area (Å²) in [6.07, 6.45) is 0.436. The van der Waals surface area contributed by atoms with Gasteiger partial charge in [-0.3, -0.25) is 0 Å². The van der Waals surface area contributed by atoms with E-state index in [-0.39, 0.29) is 6.61 Å². The van der Waals surface area contributed by atoms with Crippen LogP contribution in [0.25, 0.3) is 10.8 Å². The molecule has 2 N–H and O–H groups in total. The Balaban J connectivity index is 1.39. The molecule has 0 saturated heterocycles. The average Bonchev–Trinajstić information content (AvgIpc) is 2.64. The number of aliphatic hydroxyl groups excluding tert-OH is 1. The number of aliphatic hydroxyl groups is 1. The van der Waals surface area contributed by atoms with E-state index in [0.717, 1.165) is 24.1 Å². The summed E-state index contributed by atoms with van der Waals surface area (Å²) in [5.41, 5.74) is 1.30. The van der Waals surface area contributed by atoms with Crippen molar-refractivity contribution < 1.29 is 9.84 Å². The Morgan fingerprint density at radius 3 is 2.46 bits per heavy atom. The van der Waals surface area contributed by atoms with Gasteiger partial charge in [0.1, 0.15) is 18.5 Å². The fourth-order valence-electron chi connectivity index (χ4n) is 2.65. The maximum Gasteiger partial charge on any atom is 0.120 e. The van der Waals surface area contributed by atoms with Crippen molar-refractivity contribution in [1.29, 1.82) is 0 Å². The van der Waals surface area contributed by atoms with Crippen molar-refractivity contribution in [3.8, 4) is 5.75 Å². The van der Waals surface area contributed by atoms with E-state index in [9.17, 15) is 5.11 Å². The van der Waals surface area contributed by atoms with Crippen LogP contribution < -0.4 is 10.1 Å². The minimum absolute atomic E-state index is 0.288. The predicted molar refractivity (Wildman–Crippen MR) is 98.5 cm³/mol. The van der Waals surface area contributed by atoms with Crippen LogP contribution in [0.2, 0.25) is 0 Å². The van der Waals surface area contributed by atoms with Crippen LogP contribution >= 0.6 is 0 Å². The van der Waals surface area contributed by atoms with Gasteiger partial charge in [0.25, 0.3) is 0 Å². The molecule has 0 aliphatic heterocycles. The molecule has 3 heteroatoms. The summed E-state index contributed by atoms with van der Waals surface area (Å²) in [7, 11) is 0. The van der Waals surface area contributed by atoms with Gasteiger partial charge in [0.2, 0.25) is 0 Å². The van der Waals surface area contributed by atoms with Gasteiger partial charge in [0.05, 0.1) is 0 Å². The van der Waals surface area contributed by atoms with Crippen molar-refractivity contribution in [1.82, 2.24) is 5.32 Å². The molecule has 0 aliphatic rings. The van der Waals surface area contributed by atoms with Crippen molar-refractivity contribution >= 4 is 10.8 Å². The van der Waals surface area contributed by atoms with Crippen molar-refractivity contribution in [2.75, 3.05) is 19.7 Å². The van der Waals surface area contributed by atoms with Gasteiger partial charge in [0.15, 0.2) is 0 Å². The summed E-state index contributed by atoms with van der Waals surface area (Å²) in [5.74, 6) is 0.789. The molecule has 0 spiro atoms.